The van der Waals surface area contributed by atoms with E-state index < -0.39 is 7.14 Å². The van der Waals surface area contributed by atoms with Crippen LogP contribution in [0.15, 0.2) is 188 Å². The second-order valence-corrected chi connectivity index (χ2v) is 15.9. The molecule has 0 aliphatic carbocycles. The molecule has 2 aromatic heterocycles. The van der Waals surface area contributed by atoms with Crippen molar-refractivity contribution in [3.8, 4) is 22.3 Å². The van der Waals surface area contributed by atoms with E-state index in [1.54, 1.807) is 0 Å². The Kier molecular flexibility index (Phi) is 6.77. The Morgan fingerprint density at radius 2 is 0.922 bits per heavy atom. The minimum absolute atomic E-state index is 0.831. The molecule has 0 spiro atoms. The second kappa shape index (κ2) is 11.7. The van der Waals surface area contributed by atoms with Gasteiger partial charge in [-0.15, -0.1) is 0 Å². The maximum absolute atomic E-state index is 14.8. The van der Waals surface area contributed by atoms with E-state index in [0.29, 0.717) is 0 Å². The molecule has 0 saturated carbocycles. The molecule has 0 bridgehead atoms. The van der Waals surface area contributed by atoms with Crippen LogP contribution in [0.25, 0.3) is 71.4 Å². The van der Waals surface area contributed by atoms with E-state index >= 15 is 0 Å². The van der Waals surface area contributed by atoms with E-state index in [1.807, 2.05) is 72.8 Å². The Balaban J connectivity index is 1.03. The number of pyridine rings is 1. The lowest BCUT2D eigenvalue weighted by Gasteiger charge is -2.20. The highest BCUT2D eigenvalue weighted by molar-refractivity contribution is 7.85. The number of fused-ring (bicyclic) bond motifs is 10. The van der Waals surface area contributed by atoms with Crippen molar-refractivity contribution in [1.29, 1.82) is 0 Å². The molecule has 240 valence electrons. The van der Waals surface area contributed by atoms with Gasteiger partial charge in [0, 0.05) is 32.1 Å². The van der Waals surface area contributed by atoms with Crippen LogP contribution in [0.5, 0.6) is 0 Å². The van der Waals surface area contributed by atoms with Crippen molar-refractivity contribution in [2.45, 2.75) is 0 Å². The van der Waals surface area contributed by atoms with Gasteiger partial charge in [0.15, 0.2) is 7.14 Å². The molecule has 51 heavy (non-hydrogen) atoms. The molecule has 3 nitrogen and oxygen atoms in total. The quantitative estimate of drug-likeness (QED) is 0.135. The number of hydrogen-bond acceptors (Lipinski definition) is 2. The minimum atomic E-state index is -3.01. The Labute approximate surface area is 295 Å². The molecule has 0 N–H and O–H groups in total. The van der Waals surface area contributed by atoms with Crippen LogP contribution in [-0.2, 0) is 4.57 Å². The van der Waals surface area contributed by atoms with Gasteiger partial charge in [-0.25, -0.2) is 4.98 Å². The van der Waals surface area contributed by atoms with Gasteiger partial charge in [0.1, 0.15) is 5.65 Å². The van der Waals surface area contributed by atoms with E-state index in [9.17, 15) is 4.57 Å². The summed E-state index contributed by atoms with van der Waals surface area (Å²) in [6, 6.07) is 64.9. The third-order valence-corrected chi connectivity index (χ3v) is 13.3. The molecule has 0 saturated heterocycles. The van der Waals surface area contributed by atoms with Crippen LogP contribution in [0.3, 0.4) is 0 Å². The lowest BCUT2D eigenvalue weighted by atomic mass is 9.96. The number of benzene rings is 8. The Morgan fingerprint density at radius 1 is 0.412 bits per heavy atom. The fourth-order valence-electron chi connectivity index (χ4n) is 7.74. The molecular weight excluding hydrogens is 640 g/mol. The maximum atomic E-state index is 14.8. The summed E-state index contributed by atoms with van der Waals surface area (Å²) in [5, 5.41) is 8.51. The molecule has 2 heterocycles. The summed E-state index contributed by atoms with van der Waals surface area (Å²) in [5.41, 5.74) is 8.83. The zero-order valence-electron chi connectivity index (χ0n) is 27.6. The summed E-state index contributed by atoms with van der Waals surface area (Å²) < 4.78 is 17.1. The van der Waals surface area contributed by atoms with E-state index in [2.05, 4.69) is 120 Å². The molecule has 0 aliphatic heterocycles. The number of aromatic nitrogens is 2. The van der Waals surface area contributed by atoms with Crippen molar-refractivity contribution in [2.75, 3.05) is 0 Å². The van der Waals surface area contributed by atoms with Crippen molar-refractivity contribution in [2.24, 2.45) is 0 Å². The average Bonchev–Trinajstić information content (AvgIpc) is 3.61. The normalized spacial score (nSPS) is 12.0. The topological polar surface area (TPSA) is 34.4 Å². The maximum Gasteiger partial charge on any atom is 0.171 e. The summed E-state index contributed by atoms with van der Waals surface area (Å²) in [7, 11) is -3.01. The summed E-state index contributed by atoms with van der Waals surface area (Å²) in [4.78, 5) is 5.09. The summed E-state index contributed by atoms with van der Waals surface area (Å²) >= 11 is 0. The Hall–Kier alpha value is -6.28. The van der Waals surface area contributed by atoms with E-state index in [0.717, 1.165) is 54.7 Å². The molecule has 0 fully saturated rings. The van der Waals surface area contributed by atoms with Crippen molar-refractivity contribution >= 4 is 72.2 Å². The Morgan fingerprint density at radius 3 is 1.61 bits per heavy atom. The molecule has 0 aliphatic rings. The van der Waals surface area contributed by atoms with Crippen molar-refractivity contribution in [3.63, 3.8) is 0 Å². The highest BCUT2D eigenvalue weighted by atomic mass is 31.2. The number of rotatable bonds is 5. The lowest BCUT2D eigenvalue weighted by molar-refractivity contribution is 0.592. The van der Waals surface area contributed by atoms with Gasteiger partial charge in [0.2, 0.25) is 0 Å². The van der Waals surface area contributed by atoms with Crippen molar-refractivity contribution in [1.82, 2.24) is 9.38 Å². The van der Waals surface area contributed by atoms with Gasteiger partial charge in [-0.3, -0.25) is 4.40 Å². The van der Waals surface area contributed by atoms with E-state index in [-0.39, 0.29) is 0 Å². The molecule has 8 aromatic carbocycles. The minimum Gasteiger partial charge on any atom is -0.309 e. The molecule has 0 atom stereocenters. The number of imidazole rings is 1. The molecule has 4 heteroatoms. The molecule has 0 radical (unpaired) electrons. The lowest BCUT2D eigenvalue weighted by Crippen LogP contribution is -2.24. The smallest absolute Gasteiger partial charge is 0.171 e. The van der Waals surface area contributed by atoms with Gasteiger partial charge in [0.05, 0.1) is 16.6 Å². The molecule has 10 rings (SSSR count). The third-order valence-electron chi connectivity index (χ3n) is 10.3. The van der Waals surface area contributed by atoms with Crippen LogP contribution in [0.4, 0.5) is 0 Å². The van der Waals surface area contributed by atoms with Crippen LogP contribution in [0.1, 0.15) is 0 Å². The first-order valence-electron chi connectivity index (χ1n) is 17.2. The fourth-order valence-corrected chi connectivity index (χ4v) is 10.4. The van der Waals surface area contributed by atoms with Crippen molar-refractivity contribution < 1.29 is 4.57 Å². The van der Waals surface area contributed by atoms with Crippen LogP contribution < -0.4 is 15.9 Å². The predicted molar refractivity (Wildman–Crippen MR) is 215 cm³/mol. The van der Waals surface area contributed by atoms with Gasteiger partial charge in [-0.05, 0) is 51.2 Å². The molecule has 0 unspecified atom stereocenters. The SMILES string of the molecule is O=P(c1ccccc1)(c1ccccc1)c1ccc(-c2ccc(-c3ccc4c(ccc5c6ccccc6c6nc7ccccc7n6c45)c3)cc2)cc1. The number of nitrogens with zero attached hydrogens (tertiary/aromatic N) is 2. The summed E-state index contributed by atoms with van der Waals surface area (Å²) in [5.74, 6) is 0. The highest BCUT2D eigenvalue weighted by Gasteiger charge is 2.29. The third kappa shape index (κ3) is 4.66. The second-order valence-electron chi connectivity index (χ2n) is 13.1. The number of hydrogen-bond donors (Lipinski definition) is 0. The average molecular weight is 671 g/mol. The summed E-state index contributed by atoms with van der Waals surface area (Å²) in [6.45, 7) is 0. The van der Waals surface area contributed by atoms with Crippen LogP contribution in [-0.4, -0.2) is 9.38 Å². The van der Waals surface area contributed by atoms with Gasteiger partial charge < -0.3 is 4.57 Å². The molecular formula is C47H31N2OP. The largest absolute Gasteiger partial charge is 0.309 e. The first kappa shape index (κ1) is 29.6. The predicted octanol–water partition coefficient (Wildman–Crippen LogP) is 10.9. The summed E-state index contributed by atoms with van der Waals surface area (Å²) in [6.07, 6.45) is 0. The van der Waals surface area contributed by atoms with Gasteiger partial charge in [-0.1, -0.05) is 170 Å². The van der Waals surface area contributed by atoms with Gasteiger partial charge in [-0.2, -0.15) is 0 Å². The first-order chi connectivity index (χ1) is 25.2. The van der Waals surface area contributed by atoms with E-state index in [4.69, 9.17) is 4.98 Å². The van der Waals surface area contributed by atoms with Crippen LogP contribution in [0.2, 0.25) is 0 Å². The first-order valence-corrected chi connectivity index (χ1v) is 18.9. The van der Waals surface area contributed by atoms with Gasteiger partial charge in [0.25, 0.3) is 0 Å². The highest BCUT2D eigenvalue weighted by Crippen LogP contribution is 2.43. The zero-order valence-corrected chi connectivity index (χ0v) is 28.5. The monoisotopic (exact) mass is 670 g/mol. The zero-order chi connectivity index (χ0) is 33.9. The Bertz CT molecular complexity index is 2920. The van der Waals surface area contributed by atoms with Crippen LogP contribution in [0, 0.1) is 0 Å². The standard InChI is InChI=1S/C47H31N2OP/c50-51(37-11-3-1-4-12-37,38-13-5-2-6-14-38)39-27-23-33(24-28-39)32-19-21-34(22-20-32)35-25-29-40-36(31-35)26-30-42-41-15-7-8-16-43(41)47-48-44-17-9-10-18-45(44)49(47)46(40)42/h1-31H. The number of para-hydroxylation sites is 2. The fraction of sp³-hybridized carbons (Fsp3) is 0. The van der Waals surface area contributed by atoms with Crippen LogP contribution >= 0.6 is 7.14 Å². The molecule has 0 amide bonds. The van der Waals surface area contributed by atoms with E-state index in [1.165, 1.54) is 32.6 Å². The van der Waals surface area contributed by atoms with Crippen molar-refractivity contribution in [3.05, 3.63) is 188 Å². The molecule has 10 aromatic rings. The van der Waals surface area contributed by atoms with Gasteiger partial charge >= 0.3 is 0 Å².